The average Bonchev–Trinajstić information content (AvgIpc) is 2.71. The minimum atomic E-state index is 0.682. The molecule has 1 saturated carbocycles. The van der Waals surface area contributed by atoms with Crippen LogP contribution in [0.1, 0.15) is 25.7 Å². The summed E-state index contributed by atoms with van der Waals surface area (Å²) in [6, 6.07) is 22.9. The zero-order valence-electron chi connectivity index (χ0n) is 15.5. The van der Waals surface area contributed by atoms with E-state index in [1.54, 1.807) is 0 Å². The van der Waals surface area contributed by atoms with Gasteiger partial charge in [-0.25, -0.2) is 0 Å². The minimum absolute atomic E-state index is 0.682. The number of rotatable bonds is 10. The highest BCUT2D eigenvalue weighted by Crippen LogP contribution is 2.19. The lowest BCUT2D eigenvalue weighted by molar-refractivity contribution is -0.690. The van der Waals surface area contributed by atoms with E-state index >= 15 is 0 Å². The van der Waals surface area contributed by atoms with E-state index in [-0.39, 0.29) is 0 Å². The quantitative estimate of drug-likeness (QED) is 0.476. The third kappa shape index (κ3) is 6.99. The summed E-state index contributed by atoms with van der Waals surface area (Å²) in [5.41, 5.74) is 0. The standard InChI is InChI=1S/C22H30N2S2/c1-3-9-19(10-4-1)25-17-15-23-21-13-7-8-14-22(21)24-16-18-26-20-11-5-2-6-12-20/h1-6,9-12,21-24H,7-8,13-18H2/p+1/t21-,22?/m1/s1. The number of thioether (sulfide) groups is 2. The lowest BCUT2D eigenvalue weighted by Crippen LogP contribution is -2.94. The van der Waals surface area contributed by atoms with Gasteiger partial charge in [0.15, 0.2) is 0 Å². The molecule has 3 rings (SSSR count). The van der Waals surface area contributed by atoms with Gasteiger partial charge in [0.25, 0.3) is 0 Å². The van der Waals surface area contributed by atoms with Crippen LogP contribution in [-0.4, -0.2) is 36.7 Å². The Labute approximate surface area is 166 Å². The maximum atomic E-state index is 3.84. The molecule has 4 heteroatoms. The number of hydrogen-bond acceptors (Lipinski definition) is 3. The molecule has 0 aromatic heterocycles. The van der Waals surface area contributed by atoms with Crippen LogP contribution in [0, 0.1) is 0 Å². The Bertz CT molecular complexity index is 551. The van der Waals surface area contributed by atoms with Crippen LogP contribution in [0.4, 0.5) is 0 Å². The molecule has 0 saturated heterocycles. The van der Waals surface area contributed by atoms with Gasteiger partial charge in [0.1, 0.15) is 6.04 Å². The fraction of sp³-hybridized carbons (Fsp3) is 0.455. The summed E-state index contributed by atoms with van der Waals surface area (Å²) in [7, 11) is 0. The first-order valence-corrected chi connectivity index (χ1v) is 11.8. The van der Waals surface area contributed by atoms with Gasteiger partial charge in [-0.1, -0.05) is 42.8 Å². The number of nitrogens with one attached hydrogen (secondary N) is 1. The Kier molecular flexibility index (Phi) is 8.92. The Hall–Kier alpha value is -0.940. The van der Waals surface area contributed by atoms with Crippen LogP contribution in [-0.2, 0) is 0 Å². The number of nitrogens with two attached hydrogens (primary N) is 1. The summed E-state index contributed by atoms with van der Waals surface area (Å²) in [4.78, 5) is 2.76. The van der Waals surface area contributed by atoms with Gasteiger partial charge in [-0.2, -0.15) is 0 Å². The van der Waals surface area contributed by atoms with E-state index in [0.717, 1.165) is 18.3 Å². The molecule has 0 amide bonds. The van der Waals surface area contributed by atoms with Gasteiger partial charge in [0.05, 0.1) is 12.6 Å². The van der Waals surface area contributed by atoms with Crippen LogP contribution in [0.25, 0.3) is 0 Å². The van der Waals surface area contributed by atoms with E-state index in [1.807, 2.05) is 23.5 Å². The van der Waals surface area contributed by atoms with E-state index in [1.165, 1.54) is 47.8 Å². The number of benzene rings is 2. The van der Waals surface area contributed by atoms with Crippen molar-refractivity contribution >= 4 is 23.5 Å². The molecule has 1 aliphatic rings. The van der Waals surface area contributed by atoms with Gasteiger partial charge in [0, 0.05) is 34.3 Å². The Morgan fingerprint density at radius 3 is 2.12 bits per heavy atom. The first kappa shape index (κ1) is 19.8. The molecular formula is C22H31N2S2+. The summed E-state index contributed by atoms with van der Waals surface area (Å²) in [5.74, 6) is 2.34. The first-order valence-electron chi connectivity index (χ1n) is 9.84. The van der Waals surface area contributed by atoms with Crippen molar-refractivity contribution in [3.05, 3.63) is 60.7 Å². The first-order chi connectivity index (χ1) is 12.9. The SMILES string of the molecule is c1ccc(SCCNC2CCCC[C@H]2[NH2+]CCSc2ccccc2)cc1. The Balaban J connectivity index is 1.33. The van der Waals surface area contributed by atoms with Crippen molar-refractivity contribution < 1.29 is 5.32 Å². The number of hydrogen-bond donors (Lipinski definition) is 2. The fourth-order valence-electron chi connectivity index (χ4n) is 3.60. The van der Waals surface area contributed by atoms with Gasteiger partial charge in [-0.3, -0.25) is 0 Å². The summed E-state index contributed by atoms with van der Waals surface area (Å²) in [6.45, 7) is 2.31. The molecule has 1 unspecified atom stereocenters. The molecule has 2 atom stereocenters. The Morgan fingerprint density at radius 2 is 1.42 bits per heavy atom. The molecule has 2 aromatic rings. The van der Waals surface area contributed by atoms with E-state index < -0.39 is 0 Å². The maximum absolute atomic E-state index is 3.84. The molecule has 0 aliphatic heterocycles. The average molecular weight is 388 g/mol. The molecule has 0 heterocycles. The molecule has 0 radical (unpaired) electrons. The molecule has 3 N–H and O–H groups in total. The molecule has 0 spiro atoms. The van der Waals surface area contributed by atoms with Crippen molar-refractivity contribution in [3.63, 3.8) is 0 Å². The largest absolute Gasteiger partial charge is 0.342 e. The lowest BCUT2D eigenvalue weighted by atomic mass is 9.90. The highest BCUT2D eigenvalue weighted by atomic mass is 32.2. The highest BCUT2D eigenvalue weighted by Gasteiger charge is 2.26. The van der Waals surface area contributed by atoms with Crippen LogP contribution in [0.2, 0.25) is 0 Å². The molecule has 2 aromatic carbocycles. The smallest absolute Gasteiger partial charge is 0.101 e. The van der Waals surface area contributed by atoms with Crippen molar-refractivity contribution in [3.8, 4) is 0 Å². The summed E-state index contributed by atoms with van der Waals surface area (Å²) in [6.07, 6.45) is 5.47. The third-order valence-corrected chi connectivity index (χ3v) is 7.00. The monoisotopic (exact) mass is 387 g/mol. The van der Waals surface area contributed by atoms with Crippen molar-refractivity contribution in [2.75, 3.05) is 24.6 Å². The second-order valence-electron chi connectivity index (χ2n) is 6.86. The van der Waals surface area contributed by atoms with Crippen LogP contribution in [0.3, 0.4) is 0 Å². The minimum Gasteiger partial charge on any atom is -0.342 e. The molecular weight excluding hydrogens is 356 g/mol. The summed E-state index contributed by atoms with van der Waals surface area (Å²) in [5, 5.41) is 6.44. The van der Waals surface area contributed by atoms with E-state index in [9.17, 15) is 0 Å². The van der Waals surface area contributed by atoms with Crippen molar-refractivity contribution in [1.29, 1.82) is 0 Å². The predicted molar refractivity (Wildman–Crippen MR) is 115 cm³/mol. The van der Waals surface area contributed by atoms with Crippen LogP contribution in [0.5, 0.6) is 0 Å². The fourth-order valence-corrected chi connectivity index (χ4v) is 5.25. The highest BCUT2D eigenvalue weighted by molar-refractivity contribution is 7.99. The molecule has 140 valence electrons. The topological polar surface area (TPSA) is 28.6 Å². The van der Waals surface area contributed by atoms with E-state index in [2.05, 4.69) is 71.3 Å². The summed E-state index contributed by atoms with van der Waals surface area (Å²) >= 11 is 3.93. The van der Waals surface area contributed by atoms with Gasteiger partial charge < -0.3 is 10.6 Å². The Morgan fingerprint density at radius 1 is 0.808 bits per heavy atom. The van der Waals surface area contributed by atoms with Gasteiger partial charge in [-0.15, -0.1) is 23.5 Å². The zero-order chi connectivity index (χ0) is 17.9. The summed E-state index contributed by atoms with van der Waals surface area (Å²) < 4.78 is 0. The molecule has 26 heavy (non-hydrogen) atoms. The molecule has 1 aliphatic carbocycles. The van der Waals surface area contributed by atoms with Crippen LogP contribution >= 0.6 is 23.5 Å². The molecule has 1 fully saturated rings. The van der Waals surface area contributed by atoms with E-state index in [4.69, 9.17) is 0 Å². The zero-order valence-corrected chi connectivity index (χ0v) is 17.1. The maximum Gasteiger partial charge on any atom is 0.101 e. The van der Waals surface area contributed by atoms with Crippen molar-refractivity contribution in [2.24, 2.45) is 0 Å². The van der Waals surface area contributed by atoms with Gasteiger partial charge >= 0.3 is 0 Å². The second kappa shape index (κ2) is 11.7. The molecule has 2 nitrogen and oxygen atoms in total. The van der Waals surface area contributed by atoms with Gasteiger partial charge in [0.2, 0.25) is 0 Å². The van der Waals surface area contributed by atoms with Crippen molar-refractivity contribution in [1.82, 2.24) is 5.32 Å². The normalized spacial score (nSPS) is 20.2. The molecule has 0 bridgehead atoms. The van der Waals surface area contributed by atoms with Crippen LogP contribution < -0.4 is 10.6 Å². The third-order valence-electron chi connectivity index (χ3n) is 4.94. The second-order valence-corrected chi connectivity index (χ2v) is 9.19. The van der Waals surface area contributed by atoms with Crippen molar-refractivity contribution in [2.45, 2.75) is 47.6 Å². The lowest BCUT2D eigenvalue weighted by Gasteiger charge is -2.30. The van der Waals surface area contributed by atoms with E-state index in [0.29, 0.717) is 6.04 Å². The van der Waals surface area contributed by atoms with Crippen LogP contribution in [0.15, 0.2) is 70.5 Å². The number of quaternary nitrogens is 1. The predicted octanol–water partition coefficient (Wildman–Crippen LogP) is 4.04. The van der Waals surface area contributed by atoms with Gasteiger partial charge in [-0.05, 0) is 37.1 Å².